The fraction of sp³-hybridized carbons (Fsp3) is 0. The maximum atomic E-state index is 5.94. The molecule has 0 saturated carbocycles. The topological polar surface area (TPSA) is 50.9 Å². The molecule has 0 unspecified atom stereocenters. The molecule has 0 aliphatic heterocycles. The highest BCUT2D eigenvalue weighted by atomic mass is 35.5. The van der Waals surface area contributed by atoms with Crippen molar-refractivity contribution in [3.8, 4) is 0 Å². The lowest BCUT2D eigenvalue weighted by atomic mass is 10.3. The van der Waals surface area contributed by atoms with Gasteiger partial charge in [0.15, 0.2) is 0 Å². The smallest absolute Gasteiger partial charge is 0.125 e. The number of anilines is 3. The third-order valence-corrected chi connectivity index (χ3v) is 2.85. The Labute approximate surface area is 90.5 Å². The van der Waals surface area contributed by atoms with Gasteiger partial charge in [0.05, 0.1) is 5.69 Å². The number of pyridine rings is 1. The van der Waals surface area contributed by atoms with E-state index in [0.717, 1.165) is 15.7 Å². The molecule has 0 aliphatic rings. The molecule has 2 aromatic heterocycles. The maximum Gasteiger partial charge on any atom is 0.125 e. The van der Waals surface area contributed by atoms with Crippen LogP contribution in [0.2, 0.25) is 4.34 Å². The van der Waals surface area contributed by atoms with Crippen LogP contribution < -0.4 is 11.1 Å². The Kier molecular flexibility index (Phi) is 2.56. The summed E-state index contributed by atoms with van der Waals surface area (Å²) in [7, 11) is 0. The average molecular weight is 226 g/mol. The number of hydrogen-bond acceptors (Lipinski definition) is 4. The molecule has 0 spiro atoms. The first-order valence-corrected chi connectivity index (χ1v) is 5.23. The molecular formula is C9H8ClN3S. The summed E-state index contributed by atoms with van der Waals surface area (Å²) in [6.07, 6.45) is 1.65. The van der Waals surface area contributed by atoms with Crippen molar-refractivity contribution in [2.45, 2.75) is 0 Å². The Morgan fingerprint density at radius 3 is 2.93 bits per heavy atom. The third-order valence-electron chi connectivity index (χ3n) is 1.68. The summed E-state index contributed by atoms with van der Waals surface area (Å²) < 4.78 is 0.736. The quantitative estimate of drug-likeness (QED) is 0.826. The number of nitrogens with two attached hydrogens (primary N) is 1. The molecule has 0 saturated heterocycles. The van der Waals surface area contributed by atoms with E-state index in [1.165, 1.54) is 11.3 Å². The number of halogens is 1. The van der Waals surface area contributed by atoms with Crippen LogP contribution in [0, 0.1) is 0 Å². The third kappa shape index (κ3) is 1.97. The SMILES string of the molecule is Nc1cc(Nc2ccsc2Cl)ccn1. The highest BCUT2D eigenvalue weighted by Crippen LogP contribution is 2.30. The molecule has 3 nitrogen and oxygen atoms in total. The van der Waals surface area contributed by atoms with Gasteiger partial charge in [-0.1, -0.05) is 11.6 Å². The Balaban J connectivity index is 2.23. The van der Waals surface area contributed by atoms with Crippen LogP contribution in [0.4, 0.5) is 17.2 Å². The van der Waals surface area contributed by atoms with Crippen LogP contribution in [0.25, 0.3) is 0 Å². The van der Waals surface area contributed by atoms with Crippen LogP contribution in [0.1, 0.15) is 0 Å². The van der Waals surface area contributed by atoms with E-state index in [9.17, 15) is 0 Å². The molecule has 3 N–H and O–H groups in total. The summed E-state index contributed by atoms with van der Waals surface area (Å²) in [6.45, 7) is 0. The number of nitrogens with zero attached hydrogens (tertiary/aromatic N) is 1. The van der Waals surface area contributed by atoms with Gasteiger partial charge in [-0.05, 0) is 17.5 Å². The monoisotopic (exact) mass is 225 g/mol. The van der Waals surface area contributed by atoms with Crippen LogP contribution >= 0.6 is 22.9 Å². The molecule has 2 heterocycles. The van der Waals surface area contributed by atoms with Crippen molar-refractivity contribution in [2.24, 2.45) is 0 Å². The molecule has 0 fully saturated rings. The first-order chi connectivity index (χ1) is 6.75. The number of aromatic nitrogens is 1. The van der Waals surface area contributed by atoms with Crippen LogP contribution in [0.15, 0.2) is 29.8 Å². The normalized spacial score (nSPS) is 10.1. The molecule has 0 aliphatic carbocycles. The molecule has 0 amide bonds. The zero-order chi connectivity index (χ0) is 9.97. The van der Waals surface area contributed by atoms with Gasteiger partial charge >= 0.3 is 0 Å². The molecule has 2 rings (SSSR count). The van der Waals surface area contributed by atoms with Crippen LogP contribution in [-0.4, -0.2) is 4.98 Å². The summed E-state index contributed by atoms with van der Waals surface area (Å²) >= 11 is 7.42. The van der Waals surface area contributed by atoms with E-state index in [2.05, 4.69) is 10.3 Å². The lowest BCUT2D eigenvalue weighted by Crippen LogP contribution is -1.93. The van der Waals surface area contributed by atoms with Crippen LogP contribution in [-0.2, 0) is 0 Å². The van der Waals surface area contributed by atoms with E-state index in [4.69, 9.17) is 17.3 Å². The van der Waals surface area contributed by atoms with Crippen molar-refractivity contribution < 1.29 is 0 Å². The molecular weight excluding hydrogens is 218 g/mol. The van der Waals surface area contributed by atoms with Crippen LogP contribution in [0.5, 0.6) is 0 Å². The molecule has 0 bridgehead atoms. The van der Waals surface area contributed by atoms with Crippen LogP contribution in [0.3, 0.4) is 0 Å². The number of thiophene rings is 1. The fourth-order valence-corrected chi connectivity index (χ4v) is 1.90. The molecule has 0 aromatic carbocycles. The fourth-order valence-electron chi connectivity index (χ4n) is 1.06. The highest BCUT2D eigenvalue weighted by Gasteiger charge is 2.01. The zero-order valence-electron chi connectivity index (χ0n) is 7.20. The van der Waals surface area contributed by atoms with Gasteiger partial charge in [-0.25, -0.2) is 4.98 Å². The van der Waals surface area contributed by atoms with Crippen molar-refractivity contribution in [1.82, 2.24) is 4.98 Å². The number of rotatable bonds is 2. The molecule has 0 atom stereocenters. The lowest BCUT2D eigenvalue weighted by molar-refractivity contribution is 1.33. The Hall–Kier alpha value is -1.26. The molecule has 0 radical (unpaired) electrons. The average Bonchev–Trinajstić information content (AvgIpc) is 2.52. The molecule has 14 heavy (non-hydrogen) atoms. The zero-order valence-corrected chi connectivity index (χ0v) is 8.77. The Morgan fingerprint density at radius 2 is 2.29 bits per heavy atom. The Bertz CT molecular complexity index is 441. The van der Waals surface area contributed by atoms with Gasteiger partial charge in [0.2, 0.25) is 0 Å². The van der Waals surface area contributed by atoms with Crippen molar-refractivity contribution in [3.63, 3.8) is 0 Å². The van der Waals surface area contributed by atoms with E-state index >= 15 is 0 Å². The summed E-state index contributed by atoms with van der Waals surface area (Å²) in [4.78, 5) is 3.90. The maximum absolute atomic E-state index is 5.94. The van der Waals surface area contributed by atoms with Crippen molar-refractivity contribution in [1.29, 1.82) is 0 Å². The number of nitrogen functional groups attached to an aromatic ring is 1. The number of hydrogen-bond donors (Lipinski definition) is 2. The predicted molar refractivity (Wildman–Crippen MR) is 61.3 cm³/mol. The second-order valence-corrected chi connectivity index (χ2v) is 4.22. The van der Waals surface area contributed by atoms with E-state index in [1.54, 1.807) is 12.3 Å². The van der Waals surface area contributed by atoms with Crippen molar-refractivity contribution in [2.75, 3.05) is 11.1 Å². The second-order valence-electron chi connectivity index (χ2n) is 2.70. The largest absolute Gasteiger partial charge is 0.384 e. The first-order valence-electron chi connectivity index (χ1n) is 3.97. The van der Waals surface area contributed by atoms with Gasteiger partial charge in [0, 0.05) is 18.0 Å². The minimum atomic E-state index is 0.487. The van der Waals surface area contributed by atoms with Crippen molar-refractivity contribution >= 4 is 40.1 Å². The van der Waals surface area contributed by atoms with Gasteiger partial charge in [-0.15, -0.1) is 11.3 Å². The van der Waals surface area contributed by atoms with Gasteiger partial charge in [0.25, 0.3) is 0 Å². The van der Waals surface area contributed by atoms with Gasteiger partial charge < -0.3 is 11.1 Å². The minimum Gasteiger partial charge on any atom is -0.384 e. The van der Waals surface area contributed by atoms with E-state index in [0.29, 0.717) is 5.82 Å². The van der Waals surface area contributed by atoms with Gasteiger partial charge in [-0.2, -0.15) is 0 Å². The van der Waals surface area contributed by atoms with E-state index in [-0.39, 0.29) is 0 Å². The van der Waals surface area contributed by atoms with Gasteiger partial charge in [0.1, 0.15) is 10.2 Å². The summed E-state index contributed by atoms with van der Waals surface area (Å²) in [5.74, 6) is 0.487. The Morgan fingerprint density at radius 1 is 1.43 bits per heavy atom. The summed E-state index contributed by atoms with van der Waals surface area (Å²) in [5.41, 5.74) is 7.32. The van der Waals surface area contributed by atoms with E-state index in [1.807, 2.05) is 17.5 Å². The standard InChI is InChI=1S/C9H8ClN3S/c10-9-7(2-4-14-9)13-6-1-3-12-8(11)5-6/h1-5H,(H3,11,12,13). The van der Waals surface area contributed by atoms with Crippen molar-refractivity contribution in [3.05, 3.63) is 34.1 Å². The lowest BCUT2D eigenvalue weighted by Gasteiger charge is -2.04. The predicted octanol–water partition coefficient (Wildman–Crippen LogP) is 3.12. The molecule has 5 heteroatoms. The van der Waals surface area contributed by atoms with E-state index < -0.39 is 0 Å². The second kappa shape index (κ2) is 3.86. The number of nitrogens with one attached hydrogen (secondary N) is 1. The molecule has 72 valence electrons. The summed E-state index contributed by atoms with van der Waals surface area (Å²) in [5, 5.41) is 5.08. The van der Waals surface area contributed by atoms with Gasteiger partial charge in [-0.3, -0.25) is 0 Å². The highest BCUT2D eigenvalue weighted by molar-refractivity contribution is 7.15. The first kappa shape index (κ1) is 9.30. The molecule has 2 aromatic rings. The summed E-state index contributed by atoms with van der Waals surface area (Å²) in [6, 6.07) is 5.52. The minimum absolute atomic E-state index is 0.487.